The Labute approximate surface area is 157 Å². The summed E-state index contributed by atoms with van der Waals surface area (Å²) in [6.07, 6.45) is -4.58. The topological polar surface area (TPSA) is 86.4 Å². The number of benzene rings is 1. The number of hydrogen-bond acceptors (Lipinski definition) is 4. The zero-order chi connectivity index (χ0) is 20.0. The van der Waals surface area contributed by atoms with Crippen LogP contribution in [0.25, 0.3) is 0 Å². The Bertz CT molecular complexity index is 874. The highest BCUT2D eigenvalue weighted by atomic mass is 32.1. The van der Waals surface area contributed by atoms with E-state index >= 15 is 0 Å². The van der Waals surface area contributed by atoms with Crippen LogP contribution in [-0.4, -0.2) is 32.0 Å². The van der Waals surface area contributed by atoms with Gasteiger partial charge in [0.1, 0.15) is 11.1 Å². The number of para-hydroxylation sites is 1. The van der Waals surface area contributed by atoms with Crippen LogP contribution in [0.5, 0.6) is 0 Å². The second-order valence-electron chi connectivity index (χ2n) is 5.73. The first-order valence-electron chi connectivity index (χ1n) is 7.75. The molecule has 3 N–H and O–H groups in total. The molecule has 1 aromatic carbocycles. The Balaban J connectivity index is 1.91. The van der Waals surface area contributed by atoms with E-state index in [9.17, 15) is 22.8 Å². The molecular formula is C17H16F3N4O2S+. The predicted octanol–water partition coefficient (Wildman–Crippen LogP) is 1.73. The second kappa shape index (κ2) is 8.66. The van der Waals surface area contributed by atoms with Crippen molar-refractivity contribution in [1.82, 2.24) is 0 Å². The van der Waals surface area contributed by atoms with Gasteiger partial charge in [0, 0.05) is 0 Å². The smallest absolute Gasteiger partial charge is 0.322 e. The van der Waals surface area contributed by atoms with Gasteiger partial charge in [-0.3, -0.25) is 9.59 Å². The zero-order valence-electron chi connectivity index (χ0n) is 14.2. The van der Waals surface area contributed by atoms with Crippen molar-refractivity contribution in [1.29, 1.82) is 5.26 Å². The van der Waals surface area contributed by atoms with Crippen LogP contribution in [0.4, 0.5) is 23.9 Å². The van der Waals surface area contributed by atoms with Gasteiger partial charge in [0.15, 0.2) is 13.1 Å². The largest absolute Gasteiger partial charge is 0.418 e. The first-order chi connectivity index (χ1) is 12.7. The number of carbonyl (C=O) groups is 2. The zero-order valence-corrected chi connectivity index (χ0v) is 15.0. The molecule has 0 saturated heterocycles. The molecule has 142 valence electrons. The minimum absolute atomic E-state index is 0.0862. The van der Waals surface area contributed by atoms with Crippen LogP contribution in [-0.2, 0) is 15.8 Å². The van der Waals surface area contributed by atoms with Gasteiger partial charge < -0.3 is 15.5 Å². The van der Waals surface area contributed by atoms with Crippen LogP contribution < -0.4 is 15.5 Å². The predicted molar refractivity (Wildman–Crippen MR) is 94.4 cm³/mol. The molecule has 0 fully saturated rings. The Morgan fingerprint density at radius 3 is 2.41 bits per heavy atom. The second-order valence-corrected chi connectivity index (χ2v) is 6.64. The highest BCUT2D eigenvalue weighted by Crippen LogP contribution is 2.34. The number of anilines is 2. The molecule has 1 atom stereocenters. The monoisotopic (exact) mass is 397 g/mol. The van der Waals surface area contributed by atoms with Crippen LogP contribution in [0.3, 0.4) is 0 Å². The van der Waals surface area contributed by atoms with Crippen molar-refractivity contribution in [2.45, 2.75) is 6.18 Å². The molecule has 0 aliphatic rings. The maximum Gasteiger partial charge on any atom is 0.418 e. The number of likely N-dealkylation sites (N-methyl/N-ethyl adjacent to an activating group) is 1. The number of alkyl halides is 3. The van der Waals surface area contributed by atoms with Crippen LogP contribution in [0, 0.1) is 11.3 Å². The van der Waals surface area contributed by atoms with Crippen molar-refractivity contribution in [3.63, 3.8) is 0 Å². The molecule has 2 rings (SSSR count). The minimum atomic E-state index is -4.58. The number of thiophene rings is 1. The fraction of sp³-hybridized carbons (Fsp3) is 0.235. The van der Waals surface area contributed by atoms with Crippen molar-refractivity contribution in [2.75, 3.05) is 30.8 Å². The Hall–Kier alpha value is -2.90. The summed E-state index contributed by atoms with van der Waals surface area (Å²) in [6, 6.07) is 8.20. The number of nitrogens with zero attached hydrogens (tertiary/aromatic N) is 1. The number of amides is 2. The van der Waals surface area contributed by atoms with Crippen molar-refractivity contribution in [2.24, 2.45) is 0 Å². The molecule has 1 heterocycles. The lowest BCUT2D eigenvalue weighted by Crippen LogP contribution is -3.11. The van der Waals surface area contributed by atoms with Gasteiger partial charge in [0.2, 0.25) is 0 Å². The van der Waals surface area contributed by atoms with E-state index in [1.165, 1.54) is 29.5 Å². The third-order valence-corrected chi connectivity index (χ3v) is 4.30. The molecule has 0 saturated carbocycles. The normalized spacial score (nSPS) is 12.1. The molecule has 0 spiro atoms. The minimum Gasteiger partial charge on any atom is -0.322 e. The summed E-state index contributed by atoms with van der Waals surface area (Å²) in [4.78, 5) is 24.5. The van der Waals surface area contributed by atoms with E-state index in [-0.39, 0.29) is 18.8 Å². The average molecular weight is 397 g/mol. The highest BCUT2D eigenvalue weighted by Gasteiger charge is 2.33. The van der Waals surface area contributed by atoms with E-state index in [4.69, 9.17) is 5.26 Å². The summed E-state index contributed by atoms with van der Waals surface area (Å²) in [5.41, 5.74) is -0.924. The molecule has 27 heavy (non-hydrogen) atoms. The summed E-state index contributed by atoms with van der Waals surface area (Å²) in [5.74, 6) is -1.05. The molecule has 1 aromatic heterocycles. The lowest BCUT2D eigenvalue weighted by atomic mass is 10.1. The van der Waals surface area contributed by atoms with E-state index < -0.39 is 23.6 Å². The molecule has 0 aliphatic heterocycles. The summed E-state index contributed by atoms with van der Waals surface area (Å²) < 4.78 is 38.8. The van der Waals surface area contributed by atoms with Gasteiger partial charge in [-0.1, -0.05) is 12.1 Å². The molecule has 6 nitrogen and oxygen atoms in total. The third-order valence-electron chi connectivity index (χ3n) is 3.47. The van der Waals surface area contributed by atoms with E-state index in [0.717, 1.165) is 6.07 Å². The number of hydrogen-bond donors (Lipinski definition) is 3. The van der Waals surface area contributed by atoms with Crippen LogP contribution >= 0.6 is 11.3 Å². The summed E-state index contributed by atoms with van der Waals surface area (Å²) >= 11 is 1.20. The molecule has 10 heteroatoms. The van der Waals surface area contributed by atoms with E-state index in [2.05, 4.69) is 10.6 Å². The standard InChI is InChI=1S/C17H15F3N4O2S/c1-24(10-15(26)23-16-11(8-21)6-7-27-16)9-14(25)22-13-5-3-2-4-12(13)17(18,19)20/h2-7H,9-10H2,1H3,(H,22,25)(H,23,26)/p+1. The van der Waals surface area contributed by atoms with E-state index in [1.54, 1.807) is 18.5 Å². The van der Waals surface area contributed by atoms with Gasteiger partial charge in [0.25, 0.3) is 11.8 Å². The fourth-order valence-electron chi connectivity index (χ4n) is 2.31. The van der Waals surface area contributed by atoms with Crippen molar-refractivity contribution < 1.29 is 27.7 Å². The van der Waals surface area contributed by atoms with Gasteiger partial charge >= 0.3 is 6.18 Å². The fourth-order valence-corrected chi connectivity index (χ4v) is 3.06. The molecule has 0 bridgehead atoms. The van der Waals surface area contributed by atoms with E-state index in [0.29, 0.717) is 15.5 Å². The molecule has 0 radical (unpaired) electrons. The van der Waals surface area contributed by atoms with Gasteiger partial charge in [-0.15, -0.1) is 11.3 Å². The van der Waals surface area contributed by atoms with E-state index in [1.807, 2.05) is 6.07 Å². The Kier molecular flexibility index (Phi) is 6.55. The Morgan fingerprint density at radius 1 is 1.15 bits per heavy atom. The molecule has 0 aliphatic carbocycles. The third kappa shape index (κ3) is 5.80. The molecule has 1 unspecified atom stereocenters. The number of halogens is 3. The lowest BCUT2D eigenvalue weighted by molar-refractivity contribution is -0.862. The van der Waals surface area contributed by atoms with Crippen LogP contribution in [0.15, 0.2) is 35.7 Å². The summed E-state index contributed by atoms with van der Waals surface area (Å²) in [7, 11) is 1.56. The Morgan fingerprint density at radius 2 is 1.78 bits per heavy atom. The number of nitrogens with one attached hydrogen (secondary N) is 3. The van der Waals surface area contributed by atoms with Crippen molar-refractivity contribution in [3.8, 4) is 6.07 Å². The maximum absolute atomic E-state index is 12.9. The maximum atomic E-state index is 12.9. The van der Waals surface area contributed by atoms with Gasteiger partial charge in [-0.2, -0.15) is 18.4 Å². The first-order valence-corrected chi connectivity index (χ1v) is 8.63. The average Bonchev–Trinajstić information content (AvgIpc) is 3.00. The number of nitriles is 1. The van der Waals surface area contributed by atoms with Gasteiger partial charge in [-0.05, 0) is 23.6 Å². The highest BCUT2D eigenvalue weighted by molar-refractivity contribution is 7.14. The molecule has 2 amide bonds. The summed E-state index contributed by atoms with van der Waals surface area (Å²) in [6.45, 7) is -0.285. The van der Waals surface area contributed by atoms with Crippen LogP contribution in [0.1, 0.15) is 11.1 Å². The van der Waals surface area contributed by atoms with Crippen molar-refractivity contribution in [3.05, 3.63) is 46.8 Å². The first kappa shape index (κ1) is 20.4. The number of carbonyl (C=O) groups excluding carboxylic acids is 2. The summed E-state index contributed by atoms with van der Waals surface area (Å²) in [5, 5.41) is 15.8. The number of rotatable bonds is 6. The molecule has 2 aromatic rings. The lowest BCUT2D eigenvalue weighted by Gasteiger charge is -2.16. The number of quaternary nitrogens is 1. The van der Waals surface area contributed by atoms with Crippen LogP contribution in [0.2, 0.25) is 0 Å². The van der Waals surface area contributed by atoms with Gasteiger partial charge in [-0.25, -0.2) is 0 Å². The quantitative estimate of drug-likeness (QED) is 0.694. The molecular weight excluding hydrogens is 381 g/mol. The SMILES string of the molecule is C[NH+](CC(=O)Nc1ccccc1C(F)(F)F)CC(=O)Nc1sccc1C#N. The van der Waals surface area contributed by atoms with Crippen molar-refractivity contribution >= 4 is 33.8 Å². The van der Waals surface area contributed by atoms with Gasteiger partial charge in [0.05, 0.1) is 23.9 Å².